The Hall–Kier alpha value is -1.90. The molecule has 0 amide bonds. The summed E-state index contributed by atoms with van der Waals surface area (Å²) in [6.45, 7) is 23.4. The molecule has 1 saturated heterocycles. The van der Waals surface area contributed by atoms with Gasteiger partial charge in [-0.3, -0.25) is 9.80 Å². The van der Waals surface area contributed by atoms with Crippen LogP contribution in [0.4, 0.5) is 0 Å². The molecule has 164 valence electrons. The van der Waals surface area contributed by atoms with Crippen LogP contribution in [0.3, 0.4) is 0 Å². The molecule has 2 aromatic rings. The first-order chi connectivity index (χ1) is 14.5. The summed E-state index contributed by atoms with van der Waals surface area (Å²) in [5.41, 5.74) is 7.43. The van der Waals surface area contributed by atoms with Crippen LogP contribution in [-0.2, 0) is 19.4 Å². The van der Waals surface area contributed by atoms with Crippen LogP contribution in [0.2, 0.25) is 0 Å². The third kappa shape index (κ3) is 6.55. The van der Waals surface area contributed by atoms with Crippen LogP contribution < -0.4 is 0 Å². The van der Waals surface area contributed by atoms with Crippen molar-refractivity contribution in [3.8, 4) is 0 Å². The van der Waals surface area contributed by atoms with E-state index in [2.05, 4.69) is 100 Å². The Balaban J connectivity index is 0.00000155. The first-order valence-corrected chi connectivity index (χ1v) is 11.6. The maximum absolute atomic E-state index is 3.00. The zero-order valence-corrected chi connectivity index (χ0v) is 20.0. The number of benzene rings is 2. The number of hydrogen-bond donors (Lipinski definition) is 0. The molecule has 2 atom stereocenters. The Morgan fingerprint density at radius 1 is 0.967 bits per heavy atom. The molecule has 30 heavy (non-hydrogen) atoms. The highest BCUT2D eigenvalue weighted by molar-refractivity contribution is 5.33. The van der Waals surface area contributed by atoms with Crippen LogP contribution >= 0.6 is 0 Å². The zero-order valence-electron chi connectivity index (χ0n) is 20.0. The van der Waals surface area contributed by atoms with E-state index in [0.717, 1.165) is 13.0 Å². The van der Waals surface area contributed by atoms with Gasteiger partial charge in [0.05, 0.1) is 0 Å². The fourth-order valence-electron chi connectivity index (χ4n) is 4.75. The summed E-state index contributed by atoms with van der Waals surface area (Å²) < 4.78 is 0. The number of aryl methyl sites for hydroxylation is 3. The van der Waals surface area contributed by atoms with Crippen molar-refractivity contribution < 1.29 is 0 Å². The van der Waals surface area contributed by atoms with Crippen molar-refractivity contribution in [2.75, 3.05) is 26.2 Å². The highest BCUT2D eigenvalue weighted by Crippen LogP contribution is 2.21. The summed E-state index contributed by atoms with van der Waals surface area (Å²) in [5.74, 6) is 0.695. The van der Waals surface area contributed by atoms with E-state index >= 15 is 0 Å². The topological polar surface area (TPSA) is 6.48 Å². The molecular formula is C28H42N2. The van der Waals surface area contributed by atoms with Gasteiger partial charge in [-0.2, -0.15) is 0 Å². The van der Waals surface area contributed by atoms with Gasteiger partial charge in [-0.15, -0.1) is 13.2 Å². The van der Waals surface area contributed by atoms with E-state index in [1.807, 2.05) is 0 Å². The molecule has 1 aliphatic rings. The molecule has 1 aliphatic heterocycles. The van der Waals surface area contributed by atoms with Crippen LogP contribution in [-0.4, -0.2) is 42.0 Å². The smallest absolute Gasteiger partial charge is 0.0240 e. The van der Waals surface area contributed by atoms with Crippen LogP contribution in [0.5, 0.6) is 0 Å². The van der Waals surface area contributed by atoms with Crippen LogP contribution in [0.1, 0.15) is 48.6 Å². The van der Waals surface area contributed by atoms with Gasteiger partial charge in [-0.25, -0.2) is 0 Å². The van der Waals surface area contributed by atoms with Gasteiger partial charge in [0.2, 0.25) is 0 Å². The Labute approximate surface area is 185 Å². The molecule has 0 bridgehead atoms. The normalized spacial score (nSPS) is 18.5. The Kier molecular flexibility index (Phi) is 9.81. The highest BCUT2D eigenvalue weighted by Gasteiger charge is 2.25. The van der Waals surface area contributed by atoms with E-state index in [9.17, 15) is 0 Å². The lowest BCUT2D eigenvalue weighted by molar-refractivity contribution is 0.0681. The van der Waals surface area contributed by atoms with Crippen molar-refractivity contribution in [3.63, 3.8) is 0 Å². The predicted molar refractivity (Wildman–Crippen MR) is 132 cm³/mol. The van der Waals surface area contributed by atoms with E-state index < -0.39 is 0 Å². The lowest BCUT2D eigenvalue weighted by Gasteiger charge is -2.41. The van der Waals surface area contributed by atoms with E-state index in [-0.39, 0.29) is 0 Å². The van der Waals surface area contributed by atoms with Crippen molar-refractivity contribution in [1.29, 1.82) is 0 Å². The molecule has 1 heterocycles. The number of nitrogens with zero attached hydrogens (tertiary/aromatic N) is 2. The van der Waals surface area contributed by atoms with Gasteiger partial charge >= 0.3 is 0 Å². The van der Waals surface area contributed by atoms with Gasteiger partial charge in [-0.05, 0) is 67.3 Å². The largest absolute Gasteiger partial charge is 0.298 e. The van der Waals surface area contributed by atoms with Crippen molar-refractivity contribution in [3.05, 3.63) is 83.4 Å². The average Bonchev–Trinajstić information content (AvgIpc) is 2.74. The molecule has 2 aromatic carbocycles. The third-order valence-electron chi connectivity index (χ3n) is 6.49. The predicted octanol–water partition coefficient (Wildman–Crippen LogP) is 6.05. The van der Waals surface area contributed by atoms with Crippen LogP contribution in [0, 0.1) is 19.8 Å². The Morgan fingerprint density at radius 2 is 1.60 bits per heavy atom. The third-order valence-corrected chi connectivity index (χ3v) is 6.49. The van der Waals surface area contributed by atoms with Gasteiger partial charge in [0.25, 0.3) is 0 Å². The molecule has 0 saturated carbocycles. The summed E-state index contributed by atoms with van der Waals surface area (Å²) in [7, 11) is 0. The first kappa shape index (κ1) is 24.4. The number of hydrogen-bond acceptors (Lipinski definition) is 2. The molecule has 2 unspecified atom stereocenters. The second kappa shape index (κ2) is 12.1. The second-order valence-electron chi connectivity index (χ2n) is 8.88. The van der Waals surface area contributed by atoms with Crippen LogP contribution in [0.25, 0.3) is 0 Å². The SMILES string of the molecule is C=C.CCc1ccccc1CC(C)CN1CCN(Cc2c(C)cccc2C)CC1C. The van der Waals surface area contributed by atoms with Crippen molar-refractivity contribution in [2.24, 2.45) is 5.92 Å². The molecule has 0 aliphatic carbocycles. The summed E-state index contributed by atoms with van der Waals surface area (Å²) in [6.07, 6.45) is 2.33. The molecule has 0 N–H and O–H groups in total. The molecule has 2 heteroatoms. The minimum Gasteiger partial charge on any atom is -0.298 e. The molecule has 0 radical (unpaired) electrons. The lowest BCUT2D eigenvalue weighted by Crippen LogP contribution is -2.52. The van der Waals surface area contributed by atoms with E-state index in [4.69, 9.17) is 0 Å². The van der Waals surface area contributed by atoms with Crippen molar-refractivity contribution in [1.82, 2.24) is 9.80 Å². The zero-order chi connectivity index (χ0) is 22.1. The van der Waals surface area contributed by atoms with Crippen molar-refractivity contribution >= 4 is 0 Å². The first-order valence-electron chi connectivity index (χ1n) is 11.6. The van der Waals surface area contributed by atoms with Crippen molar-refractivity contribution in [2.45, 2.75) is 60.0 Å². The minimum atomic E-state index is 0.627. The number of rotatable bonds is 7. The maximum Gasteiger partial charge on any atom is 0.0240 e. The maximum atomic E-state index is 3.00. The Morgan fingerprint density at radius 3 is 2.20 bits per heavy atom. The summed E-state index contributed by atoms with van der Waals surface area (Å²) >= 11 is 0. The fraction of sp³-hybridized carbons (Fsp3) is 0.500. The molecule has 0 spiro atoms. The monoisotopic (exact) mass is 406 g/mol. The van der Waals surface area contributed by atoms with Gasteiger partial charge in [-0.1, -0.05) is 56.3 Å². The summed E-state index contributed by atoms with van der Waals surface area (Å²) in [5, 5.41) is 0. The summed E-state index contributed by atoms with van der Waals surface area (Å²) in [6, 6.07) is 16.3. The van der Waals surface area contributed by atoms with Crippen LogP contribution in [0.15, 0.2) is 55.6 Å². The minimum absolute atomic E-state index is 0.627. The second-order valence-corrected chi connectivity index (χ2v) is 8.88. The molecule has 3 rings (SSSR count). The van der Waals surface area contributed by atoms with E-state index in [1.54, 1.807) is 5.56 Å². The molecule has 1 fully saturated rings. The van der Waals surface area contributed by atoms with Gasteiger partial charge in [0, 0.05) is 38.8 Å². The van der Waals surface area contributed by atoms with E-state index in [1.165, 1.54) is 54.9 Å². The quantitative estimate of drug-likeness (QED) is 0.516. The standard InChI is InChI=1S/C26H38N2.C2H4/c1-6-24-12-7-8-13-25(24)16-20(2)17-28-15-14-27(18-23(28)5)19-26-21(3)10-9-11-22(26)4;1-2/h7-13,20,23H,6,14-19H2,1-5H3;1-2H2. The fourth-order valence-corrected chi connectivity index (χ4v) is 4.75. The lowest BCUT2D eigenvalue weighted by atomic mass is 9.94. The molecule has 2 nitrogen and oxygen atoms in total. The molecular weight excluding hydrogens is 364 g/mol. The highest BCUT2D eigenvalue weighted by atomic mass is 15.3. The van der Waals surface area contributed by atoms with Gasteiger partial charge < -0.3 is 0 Å². The summed E-state index contributed by atoms with van der Waals surface area (Å²) in [4.78, 5) is 5.36. The average molecular weight is 407 g/mol. The Bertz CT molecular complexity index is 762. The number of piperazine rings is 1. The van der Waals surface area contributed by atoms with Gasteiger partial charge in [0.15, 0.2) is 0 Å². The van der Waals surface area contributed by atoms with Gasteiger partial charge in [0.1, 0.15) is 0 Å². The molecule has 0 aromatic heterocycles. The van der Waals surface area contributed by atoms with E-state index in [0.29, 0.717) is 12.0 Å².